The molecule has 4 nitrogen and oxygen atoms in total. The Morgan fingerprint density at radius 2 is 2.17 bits per heavy atom. The molecule has 0 saturated carbocycles. The predicted octanol–water partition coefficient (Wildman–Crippen LogP) is 1.99. The van der Waals surface area contributed by atoms with Gasteiger partial charge < -0.3 is 5.32 Å². The van der Waals surface area contributed by atoms with Crippen LogP contribution in [0.4, 0.5) is 0 Å². The fraction of sp³-hybridized carbons (Fsp3) is 0.750. The average molecular weight is 288 g/mol. The van der Waals surface area contributed by atoms with Gasteiger partial charge in [0.15, 0.2) is 9.84 Å². The van der Waals surface area contributed by atoms with Crippen LogP contribution in [0.15, 0.2) is 0 Å². The zero-order valence-electron chi connectivity index (χ0n) is 11.1. The summed E-state index contributed by atoms with van der Waals surface area (Å²) in [6, 6.07) is 0.188. The lowest BCUT2D eigenvalue weighted by Gasteiger charge is -2.26. The summed E-state index contributed by atoms with van der Waals surface area (Å²) >= 11 is 1.69. The molecule has 1 saturated heterocycles. The maximum atomic E-state index is 11.6. The van der Waals surface area contributed by atoms with Gasteiger partial charge in [-0.2, -0.15) is 0 Å². The largest absolute Gasteiger partial charge is 0.305 e. The molecule has 6 heteroatoms. The van der Waals surface area contributed by atoms with E-state index in [4.69, 9.17) is 0 Å². The Hall–Kier alpha value is -0.460. The van der Waals surface area contributed by atoms with Crippen LogP contribution in [0.5, 0.6) is 0 Å². The number of nitrogens with one attached hydrogen (secondary N) is 1. The van der Waals surface area contributed by atoms with E-state index in [2.05, 4.69) is 24.1 Å². The van der Waals surface area contributed by atoms with E-state index < -0.39 is 9.84 Å². The van der Waals surface area contributed by atoms with Gasteiger partial charge >= 0.3 is 0 Å². The van der Waals surface area contributed by atoms with Crippen molar-refractivity contribution < 1.29 is 8.42 Å². The number of hydrogen-bond acceptors (Lipinski definition) is 5. The molecule has 18 heavy (non-hydrogen) atoms. The zero-order chi connectivity index (χ0) is 13.3. The molecule has 0 aliphatic carbocycles. The van der Waals surface area contributed by atoms with Crippen LogP contribution in [0.3, 0.4) is 0 Å². The van der Waals surface area contributed by atoms with Crippen LogP contribution < -0.4 is 5.32 Å². The van der Waals surface area contributed by atoms with Crippen LogP contribution in [-0.2, 0) is 9.84 Å². The van der Waals surface area contributed by atoms with Crippen LogP contribution in [0.2, 0.25) is 0 Å². The molecule has 1 aliphatic heterocycles. The Kier molecular flexibility index (Phi) is 4.08. The van der Waals surface area contributed by atoms with Crippen molar-refractivity contribution in [3.05, 3.63) is 15.6 Å². The predicted molar refractivity (Wildman–Crippen MR) is 74.8 cm³/mol. The number of aryl methyl sites for hydroxylation is 2. The molecule has 1 N–H and O–H groups in total. The monoisotopic (exact) mass is 288 g/mol. The molecule has 0 aromatic carbocycles. The van der Waals surface area contributed by atoms with Crippen molar-refractivity contribution >= 4 is 21.2 Å². The van der Waals surface area contributed by atoms with Gasteiger partial charge in [-0.3, -0.25) is 0 Å². The lowest BCUT2D eigenvalue weighted by molar-refractivity contribution is 0.432. The second-order valence-electron chi connectivity index (χ2n) is 5.02. The van der Waals surface area contributed by atoms with Gasteiger partial charge in [-0.05, 0) is 33.6 Å². The SMILES string of the molecule is Cc1nc(C(C)NC2CCCS(=O)(=O)C2)c(C)s1. The molecule has 2 atom stereocenters. The van der Waals surface area contributed by atoms with Crippen LogP contribution in [0.25, 0.3) is 0 Å². The molecule has 2 rings (SSSR count). The van der Waals surface area contributed by atoms with Crippen LogP contribution in [0.1, 0.15) is 41.4 Å². The van der Waals surface area contributed by atoms with Gasteiger partial charge in [-0.1, -0.05) is 0 Å². The minimum atomic E-state index is -2.84. The Bertz CT molecular complexity index is 522. The summed E-state index contributed by atoms with van der Waals surface area (Å²) in [7, 11) is -2.84. The smallest absolute Gasteiger partial charge is 0.151 e. The highest BCUT2D eigenvalue weighted by molar-refractivity contribution is 7.91. The summed E-state index contributed by atoms with van der Waals surface area (Å²) in [5, 5.41) is 4.47. The van der Waals surface area contributed by atoms with Gasteiger partial charge in [0, 0.05) is 17.0 Å². The van der Waals surface area contributed by atoms with Crippen molar-refractivity contribution in [2.24, 2.45) is 0 Å². The third-order valence-electron chi connectivity index (χ3n) is 3.30. The molecule has 2 unspecified atom stereocenters. The number of rotatable bonds is 3. The third-order valence-corrected chi connectivity index (χ3v) is 6.02. The third kappa shape index (κ3) is 3.30. The van der Waals surface area contributed by atoms with Crippen molar-refractivity contribution in [1.82, 2.24) is 10.3 Å². The molecule has 1 fully saturated rings. The highest BCUT2D eigenvalue weighted by Crippen LogP contribution is 2.24. The van der Waals surface area contributed by atoms with E-state index in [1.165, 1.54) is 4.88 Å². The first-order valence-electron chi connectivity index (χ1n) is 6.28. The molecule has 1 aromatic rings. The van der Waals surface area contributed by atoms with E-state index >= 15 is 0 Å². The van der Waals surface area contributed by atoms with Gasteiger partial charge in [0.1, 0.15) is 0 Å². The van der Waals surface area contributed by atoms with Crippen LogP contribution in [-0.4, -0.2) is 30.9 Å². The summed E-state index contributed by atoms with van der Waals surface area (Å²) in [4.78, 5) is 5.73. The number of nitrogens with zero attached hydrogens (tertiary/aromatic N) is 1. The molecule has 1 aromatic heterocycles. The average Bonchev–Trinajstić information content (AvgIpc) is 2.56. The molecule has 1 aliphatic rings. The molecule has 0 bridgehead atoms. The van der Waals surface area contributed by atoms with E-state index in [9.17, 15) is 8.42 Å². The Labute approximate surface area is 113 Å². The van der Waals surface area contributed by atoms with E-state index in [1.807, 2.05) is 6.92 Å². The second kappa shape index (κ2) is 5.27. The van der Waals surface area contributed by atoms with Crippen molar-refractivity contribution in [3.63, 3.8) is 0 Å². The van der Waals surface area contributed by atoms with Gasteiger partial charge in [0.05, 0.1) is 22.2 Å². The molecule has 0 spiro atoms. The lowest BCUT2D eigenvalue weighted by Crippen LogP contribution is -2.41. The highest BCUT2D eigenvalue weighted by Gasteiger charge is 2.26. The maximum absolute atomic E-state index is 11.6. The molecule has 2 heterocycles. The second-order valence-corrected chi connectivity index (χ2v) is 8.65. The summed E-state index contributed by atoms with van der Waals surface area (Å²) < 4.78 is 23.2. The van der Waals surface area contributed by atoms with Gasteiger partial charge in [-0.25, -0.2) is 13.4 Å². The van der Waals surface area contributed by atoms with Crippen LogP contribution >= 0.6 is 11.3 Å². The molecular formula is C12H20N2O2S2. The van der Waals surface area contributed by atoms with Crippen molar-refractivity contribution in [3.8, 4) is 0 Å². The van der Waals surface area contributed by atoms with Crippen molar-refractivity contribution in [2.45, 2.75) is 45.7 Å². The zero-order valence-corrected chi connectivity index (χ0v) is 12.7. The van der Waals surface area contributed by atoms with Crippen LogP contribution in [0, 0.1) is 13.8 Å². The fourth-order valence-corrected chi connectivity index (χ4v) is 5.10. The fourth-order valence-electron chi connectivity index (χ4n) is 2.53. The first-order chi connectivity index (χ1) is 8.37. The molecular weight excluding hydrogens is 268 g/mol. The number of hydrogen-bond donors (Lipinski definition) is 1. The Morgan fingerprint density at radius 1 is 1.44 bits per heavy atom. The topological polar surface area (TPSA) is 59.1 Å². The number of aromatic nitrogens is 1. The number of sulfone groups is 1. The summed E-state index contributed by atoms with van der Waals surface area (Å²) in [6.45, 7) is 6.12. The number of thiazole rings is 1. The summed E-state index contributed by atoms with van der Waals surface area (Å²) in [5.41, 5.74) is 1.06. The normalized spacial score (nSPS) is 24.9. The first-order valence-corrected chi connectivity index (χ1v) is 8.91. The van der Waals surface area contributed by atoms with E-state index in [0.29, 0.717) is 5.75 Å². The minimum absolute atomic E-state index is 0.0696. The standard InChI is InChI=1S/C12H20N2O2S2/c1-8(12-9(2)17-10(3)14-12)13-11-5-4-6-18(15,16)7-11/h8,11,13H,4-7H2,1-3H3. The first kappa shape index (κ1) is 14.0. The molecule has 0 radical (unpaired) electrons. The summed E-state index contributed by atoms with van der Waals surface area (Å²) in [5.74, 6) is 0.605. The highest BCUT2D eigenvalue weighted by atomic mass is 32.2. The Morgan fingerprint density at radius 3 is 2.72 bits per heavy atom. The van der Waals surface area contributed by atoms with E-state index in [0.717, 1.165) is 23.5 Å². The van der Waals surface area contributed by atoms with Gasteiger partial charge in [0.25, 0.3) is 0 Å². The lowest BCUT2D eigenvalue weighted by atomic mass is 10.1. The van der Waals surface area contributed by atoms with Crippen molar-refractivity contribution in [2.75, 3.05) is 11.5 Å². The maximum Gasteiger partial charge on any atom is 0.151 e. The van der Waals surface area contributed by atoms with E-state index in [-0.39, 0.29) is 17.8 Å². The molecule has 0 amide bonds. The van der Waals surface area contributed by atoms with Gasteiger partial charge in [-0.15, -0.1) is 11.3 Å². The quantitative estimate of drug-likeness (QED) is 0.924. The van der Waals surface area contributed by atoms with Crippen molar-refractivity contribution in [1.29, 1.82) is 0 Å². The summed E-state index contributed by atoms with van der Waals surface area (Å²) in [6.07, 6.45) is 1.70. The minimum Gasteiger partial charge on any atom is -0.305 e. The Balaban J connectivity index is 2.03. The van der Waals surface area contributed by atoms with E-state index in [1.54, 1.807) is 11.3 Å². The van der Waals surface area contributed by atoms with Gasteiger partial charge in [0.2, 0.25) is 0 Å². The molecule has 102 valence electrons.